The van der Waals surface area contributed by atoms with Crippen molar-refractivity contribution in [2.45, 2.75) is 20.3 Å². The molecule has 2 aromatic rings. The molecule has 0 aromatic carbocycles. The van der Waals surface area contributed by atoms with Gasteiger partial charge in [-0.25, -0.2) is 4.98 Å². The third-order valence-electron chi connectivity index (χ3n) is 2.33. The van der Waals surface area contributed by atoms with Crippen molar-refractivity contribution < 1.29 is 4.79 Å². The third-order valence-corrected chi connectivity index (χ3v) is 3.44. The van der Waals surface area contributed by atoms with Crippen LogP contribution < -0.4 is 5.56 Å². The topological polar surface area (TPSA) is 62.8 Å². The Morgan fingerprint density at radius 3 is 2.87 bits per heavy atom. The van der Waals surface area contributed by atoms with Gasteiger partial charge in [-0.15, -0.1) is 11.3 Å². The first-order valence-corrected chi connectivity index (χ1v) is 5.46. The highest BCUT2D eigenvalue weighted by Gasteiger charge is 2.12. The van der Waals surface area contributed by atoms with Gasteiger partial charge >= 0.3 is 0 Å². The van der Waals surface area contributed by atoms with Crippen LogP contribution in [0.5, 0.6) is 0 Å². The van der Waals surface area contributed by atoms with Gasteiger partial charge < -0.3 is 4.98 Å². The van der Waals surface area contributed by atoms with E-state index in [1.54, 1.807) is 6.92 Å². The number of aromatic nitrogens is 2. The van der Waals surface area contributed by atoms with Crippen LogP contribution in [-0.2, 0) is 6.42 Å². The van der Waals surface area contributed by atoms with Gasteiger partial charge in [0.1, 0.15) is 10.7 Å². The number of nitrogens with one attached hydrogen (secondary N) is 1. The van der Waals surface area contributed by atoms with Gasteiger partial charge in [0, 0.05) is 6.42 Å². The SMILES string of the molecule is CCc1nc2sc(C=O)c(C)c2c(=O)[nH]1. The summed E-state index contributed by atoms with van der Waals surface area (Å²) in [5, 5.41) is 0.541. The highest BCUT2D eigenvalue weighted by molar-refractivity contribution is 7.20. The van der Waals surface area contributed by atoms with Crippen LogP contribution >= 0.6 is 11.3 Å². The van der Waals surface area contributed by atoms with Crippen LogP contribution in [0.1, 0.15) is 28.0 Å². The van der Waals surface area contributed by atoms with Crippen molar-refractivity contribution in [3.8, 4) is 0 Å². The second kappa shape index (κ2) is 3.58. The van der Waals surface area contributed by atoms with Crippen molar-refractivity contribution in [1.82, 2.24) is 9.97 Å². The minimum Gasteiger partial charge on any atom is -0.310 e. The zero-order valence-electron chi connectivity index (χ0n) is 8.46. The Morgan fingerprint density at radius 1 is 1.53 bits per heavy atom. The summed E-state index contributed by atoms with van der Waals surface area (Å²) in [6, 6.07) is 0. The summed E-state index contributed by atoms with van der Waals surface area (Å²) in [5.41, 5.74) is 0.570. The molecule has 0 aliphatic carbocycles. The van der Waals surface area contributed by atoms with E-state index < -0.39 is 0 Å². The summed E-state index contributed by atoms with van der Waals surface area (Å²) in [7, 11) is 0. The van der Waals surface area contributed by atoms with Crippen LogP contribution in [0.25, 0.3) is 10.2 Å². The van der Waals surface area contributed by atoms with Crippen LogP contribution in [-0.4, -0.2) is 16.3 Å². The van der Waals surface area contributed by atoms with Gasteiger partial charge in [-0.1, -0.05) is 6.92 Å². The maximum atomic E-state index is 11.7. The first-order chi connectivity index (χ1) is 7.17. The number of carbonyl (C=O) groups is 1. The molecule has 0 saturated heterocycles. The second-order valence-corrected chi connectivity index (χ2v) is 4.29. The summed E-state index contributed by atoms with van der Waals surface area (Å²) in [6.07, 6.45) is 1.45. The Balaban J connectivity index is 2.89. The number of hydrogen-bond acceptors (Lipinski definition) is 4. The van der Waals surface area contributed by atoms with Crippen LogP contribution in [0.2, 0.25) is 0 Å². The number of aldehydes is 1. The maximum absolute atomic E-state index is 11.7. The fourth-order valence-corrected chi connectivity index (χ4v) is 2.50. The lowest BCUT2D eigenvalue weighted by molar-refractivity contribution is 0.112. The van der Waals surface area contributed by atoms with Crippen molar-refractivity contribution >= 4 is 27.8 Å². The molecule has 2 aromatic heterocycles. The second-order valence-electron chi connectivity index (χ2n) is 3.26. The number of aromatic amines is 1. The average Bonchev–Trinajstić information content (AvgIpc) is 2.55. The van der Waals surface area contributed by atoms with Gasteiger partial charge in [0.25, 0.3) is 5.56 Å². The minimum atomic E-state index is -0.154. The molecule has 78 valence electrons. The Bertz CT molecular complexity index is 583. The molecule has 15 heavy (non-hydrogen) atoms. The lowest BCUT2D eigenvalue weighted by Crippen LogP contribution is -2.10. The van der Waals surface area contributed by atoms with Crippen LogP contribution in [0.3, 0.4) is 0 Å². The standard InChI is InChI=1S/C10H10N2O2S/c1-3-7-11-9(14)8-5(2)6(4-13)15-10(8)12-7/h4H,3H2,1-2H3,(H,11,12,14). The summed E-state index contributed by atoms with van der Waals surface area (Å²) < 4.78 is 0. The van der Waals surface area contributed by atoms with E-state index in [0.717, 1.165) is 11.8 Å². The smallest absolute Gasteiger partial charge is 0.259 e. The van der Waals surface area contributed by atoms with E-state index in [2.05, 4.69) is 9.97 Å². The first-order valence-electron chi connectivity index (χ1n) is 4.64. The Kier molecular flexibility index (Phi) is 2.40. The molecule has 0 spiro atoms. The van der Waals surface area contributed by atoms with E-state index in [1.807, 2.05) is 6.92 Å². The molecule has 2 heterocycles. The van der Waals surface area contributed by atoms with Crippen LogP contribution in [0, 0.1) is 6.92 Å². The molecule has 0 unspecified atom stereocenters. The van der Waals surface area contributed by atoms with Gasteiger partial charge in [-0.3, -0.25) is 9.59 Å². The van der Waals surface area contributed by atoms with Gasteiger partial charge in [0.05, 0.1) is 10.3 Å². The molecule has 0 saturated carbocycles. The molecule has 1 N–H and O–H groups in total. The third kappa shape index (κ3) is 1.48. The zero-order chi connectivity index (χ0) is 11.0. The molecular weight excluding hydrogens is 212 g/mol. The number of hydrogen-bond donors (Lipinski definition) is 1. The van der Waals surface area contributed by atoms with Crippen molar-refractivity contribution in [3.05, 3.63) is 26.6 Å². The van der Waals surface area contributed by atoms with Gasteiger partial charge in [-0.2, -0.15) is 0 Å². The molecule has 0 radical (unpaired) electrons. The highest BCUT2D eigenvalue weighted by Crippen LogP contribution is 2.25. The average molecular weight is 222 g/mol. The quantitative estimate of drug-likeness (QED) is 0.786. The molecule has 0 bridgehead atoms. The Hall–Kier alpha value is -1.49. The van der Waals surface area contributed by atoms with E-state index in [9.17, 15) is 9.59 Å². The monoisotopic (exact) mass is 222 g/mol. The number of fused-ring (bicyclic) bond motifs is 1. The first kappa shape index (κ1) is 10.0. The lowest BCUT2D eigenvalue weighted by Gasteiger charge is -1.95. The minimum absolute atomic E-state index is 0.154. The van der Waals surface area contributed by atoms with Gasteiger partial charge in [-0.05, 0) is 12.5 Å². The van der Waals surface area contributed by atoms with E-state index in [-0.39, 0.29) is 5.56 Å². The van der Waals surface area contributed by atoms with E-state index in [1.165, 1.54) is 11.3 Å². The lowest BCUT2D eigenvalue weighted by atomic mass is 10.2. The normalized spacial score (nSPS) is 10.8. The number of H-pyrrole nitrogens is 1. The van der Waals surface area contributed by atoms with E-state index >= 15 is 0 Å². The molecular formula is C10H10N2O2S. The van der Waals surface area contributed by atoms with Gasteiger partial charge in [0.2, 0.25) is 0 Å². The molecule has 0 atom stereocenters. The molecule has 5 heteroatoms. The predicted molar refractivity (Wildman–Crippen MR) is 59.7 cm³/mol. The van der Waals surface area contributed by atoms with Crippen molar-refractivity contribution in [3.63, 3.8) is 0 Å². The highest BCUT2D eigenvalue weighted by atomic mass is 32.1. The van der Waals surface area contributed by atoms with Crippen molar-refractivity contribution in [1.29, 1.82) is 0 Å². The van der Waals surface area contributed by atoms with Crippen molar-refractivity contribution in [2.75, 3.05) is 0 Å². The summed E-state index contributed by atoms with van der Waals surface area (Å²) in [5.74, 6) is 0.659. The summed E-state index contributed by atoms with van der Waals surface area (Å²) in [4.78, 5) is 30.7. The number of carbonyl (C=O) groups excluding carboxylic acids is 1. The Morgan fingerprint density at radius 2 is 2.27 bits per heavy atom. The van der Waals surface area contributed by atoms with E-state index in [0.29, 0.717) is 27.3 Å². The number of thiophene rings is 1. The number of aryl methyl sites for hydroxylation is 2. The maximum Gasteiger partial charge on any atom is 0.259 e. The largest absolute Gasteiger partial charge is 0.310 e. The molecule has 0 amide bonds. The fourth-order valence-electron chi connectivity index (χ4n) is 1.49. The molecule has 2 rings (SSSR count). The summed E-state index contributed by atoms with van der Waals surface area (Å²) in [6.45, 7) is 3.69. The summed E-state index contributed by atoms with van der Waals surface area (Å²) >= 11 is 1.27. The molecule has 0 aliphatic rings. The number of rotatable bonds is 2. The number of nitrogens with zero attached hydrogens (tertiary/aromatic N) is 1. The fraction of sp³-hybridized carbons (Fsp3) is 0.300. The van der Waals surface area contributed by atoms with Gasteiger partial charge in [0.15, 0.2) is 6.29 Å². The molecule has 0 aliphatic heterocycles. The van der Waals surface area contributed by atoms with E-state index in [4.69, 9.17) is 0 Å². The molecule has 0 fully saturated rings. The van der Waals surface area contributed by atoms with Crippen LogP contribution in [0.4, 0.5) is 0 Å². The zero-order valence-corrected chi connectivity index (χ0v) is 9.27. The molecule has 4 nitrogen and oxygen atoms in total. The van der Waals surface area contributed by atoms with Crippen molar-refractivity contribution in [2.24, 2.45) is 0 Å². The predicted octanol–water partition coefficient (Wildman–Crippen LogP) is 1.67. The van der Waals surface area contributed by atoms with Crippen LogP contribution in [0.15, 0.2) is 4.79 Å². The Labute approximate surface area is 90.0 Å².